The third-order valence-corrected chi connectivity index (χ3v) is 4.68. The number of amides is 3. The molecular formula is C15H15N4O3S+. The molecule has 1 aromatic carbocycles. The molecule has 118 valence electrons. The number of amidine groups is 1. The van der Waals surface area contributed by atoms with Crippen molar-refractivity contribution in [3.05, 3.63) is 35.3 Å². The van der Waals surface area contributed by atoms with Crippen LogP contribution in [0.2, 0.25) is 0 Å². The van der Waals surface area contributed by atoms with Crippen LogP contribution in [-0.4, -0.2) is 51.8 Å². The Hall–Kier alpha value is -2.74. The van der Waals surface area contributed by atoms with Crippen LogP contribution in [0.1, 0.15) is 11.6 Å². The van der Waals surface area contributed by atoms with Crippen LogP contribution in [0.4, 0.5) is 4.79 Å². The van der Waals surface area contributed by atoms with Gasteiger partial charge in [-0.15, -0.1) is 11.3 Å². The van der Waals surface area contributed by atoms with Crippen molar-refractivity contribution in [1.29, 1.82) is 0 Å². The first-order valence-corrected chi connectivity index (χ1v) is 7.70. The fourth-order valence-corrected chi connectivity index (χ4v) is 3.23. The molecule has 1 saturated heterocycles. The van der Waals surface area contributed by atoms with E-state index in [0.29, 0.717) is 10.7 Å². The van der Waals surface area contributed by atoms with Crippen molar-refractivity contribution in [2.45, 2.75) is 5.92 Å². The molecule has 0 saturated carbocycles. The zero-order valence-corrected chi connectivity index (χ0v) is 13.4. The Balaban J connectivity index is 1.96. The molecule has 2 heterocycles. The lowest BCUT2D eigenvalue weighted by atomic mass is 10.0. The second-order valence-corrected chi connectivity index (χ2v) is 6.08. The van der Waals surface area contributed by atoms with E-state index in [1.807, 2.05) is 0 Å². The third kappa shape index (κ3) is 2.46. The molecule has 8 heteroatoms. The molecule has 1 aromatic heterocycles. The Labute approximate surface area is 136 Å². The van der Waals surface area contributed by atoms with E-state index in [0.717, 1.165) is 10.5 Å². The van der Waals surface area contributed by atoms with Gasteiger partial charge in [0.15, 0.2) is 5.92 Å². The number of aromatic nitrogens is 1. The first kappa shape index (κ1) is 15.2. The predicted molar refractivity (Wildman–Crippen MR) is 84.8 cm³/mol. The third-order valence-electron chi connectivity index (χ3n) is 3.77. The van der Waals surface area contributed by atoms with E-state index in [9.17, 15) is 14.7 Å². The number of carbonyl (C=O) groups excluding carboxylic acids is 2. The first-order valence-electron chi connectivity index (χ1n) is 6.82. The van der Waals surface area contributed by atoms with Crippen LogP contribution in [0, 0.1) is 0 Å². The van der Waals surface area contributed by atoms with Crippen molar-refractivity contribution in [3.8, 4) is 16.3 Å². The standard InChI is InChI=1S/C15H14N4O3S/c1-18-12(16)11(14(21)19(2)15(18)22)10-7-23-13(17-10)8-3-5-9(20)6-4-8/h3-7,11,16,20H,1-2H3/p+1. The average Bonchev–Trinajstić information content (AvgIpc) is 3.01. The molecule has 1 aliphatic heterocycles. The number of urea groups is 1. The van der Waals surface area contributed by atoms with Gasteiger partial charge in [-0.1, -0.05) is 0 Å². The van der Waals surface area contributed by atoms with Crippen LogP contribution >= 0.6 is 11.3 Å². The van der Waals surface area contributed by atoms with E-state index in [2.05, 4.69) is 4.98 Å². The molecule has 2 aromatic rings. The van der Waals surface area contributed by atoms with Gasteiger partial charge in [-0.05, 0) is 24.3 Å². The zero-order chi connectivity index (χ0) is 16.7. The number of benzene rings is 1. The molecule has 3 amide bonds. The normalized spacial score (nSPS) is 18.7. The van der Waals surface area contributed by atoms with Crippen LogP contribution in [0.25, 0.3) is 10.6 Å². The molecule has 0 bridgehead atoms. The highest BCUT2D eigenvalue weighted by atomic mass is 32.1. The quantitative estimate of drug-likeness (QED) is 0.825. The zero-order valence-electron chi connectivity index (χ0n) is 12.6. The Kier molecular flexibility index (Phi) is 3.61. The molecule has 23 heavy (non-hydrogen) atoms. The number of phenols is 1. The largest absolute Gasteiger partial charge is 0.508 e. The molecule has 3 rings (SSSR count). The monoisotopic (exact) mass is 331 g/mol. The van der Waals surface area contributed by atoms with Crippen LogP contribution in [-0.2, 0) is 4.79 Å². The highest BCUT2D eigenvalue weighted by molar-refractivity contribution is 7.13. The van der Waals surface area contributed by atoms with E-state index < -0.39 is 17.9 Å². The number of nitrogens with zero attached hydrogens (tertiary/aromatic N) is 3. The highest BCUT2D eigenvalue weighted by Gasteiger charge is 2.47. The van der Waals surface area contributed by atoms with Crippen molar-refractivity contribution in [1.82, 2.24) is 14.8 Å². The maximum Gasteiger partial charge on any atom is 0.417 e. The number of likely N-dealkylation sites (N-methyl/N-ethyl adjacent to an activating group) is 2. The molecule has 1 aliphatic rings. The summed E-state index contributed by atoms with van der Waals surface area (Å²) in [6.45, 7) is 0. The summed E-state index contributed by atoms with van der Waals surface area (Å²) in [5.74, 6) is -0.828. The van der Waals surface area contributed by atoms with Gasteiger partial charge in [0.2, 0.25) is 0 Å². The second kappa shape index (κ2) is 5.47. The summed E-state index contributed by atoms with van der Waals surface area (Å²) in [5.41, 5.74) is 1.34. The summed E-state index contributed by atoms with van der Waals surface area (Å²) in [7, 11) is 2.95. The van der Waals surface area contributed by atoms with Crippen LogP contribution in [0.5, 0.6) is 5.75 Å². The van der Waals surface area contributed by atoms with Crippen molar-refractivity contribution in [2.75, 3.05) is 14.1 Å². The lowest BCUT2D eigenvalue weighted by Gasteiger charge is -2.28. The van der Waals surface area contributed by atoms with Gasteiger partial charge in [-0.3, -0.25) is 10.2 Å². The van der Waals surface area contributed by atoms with Crippen molar-refractivity contribution in [3.63, 3.8) is 0 Å². The number of imide groups is 1. The molecular weight excluding hydrogens is 316 g/mol. The number of carbonyl (C=O) groups is 2. The molecule has 0 radical (unpaired) electrons. The minimum absolute atomic E-state index is 0.167. The maximum absolute atomic E-state index is 12.4. The Morgan fingerprint density at radius 3 is 2.48 bits per heavy atom. The molecule has 3 N–H and O–H groups in total. The van der Waals surface area contributed by atoms with Crippen LogP contribution in [0.15, 0.2) is 29.6 Å². The summed E-state index contributed by atoms with van der Waals surface area (Å²) in [6, 6.07) is 6.18. The van der Waals surface area contributed by atoms with Crippen LogP contribution < -0.4 is 5.41 Å². The second-order valence-electron chi connectivity index (χ2n) is 5.22. The predicted octanol–water partition coefficient (Wildman–Crippen LogP) is 0.281. The van der Waals surface area contributed by atoms with Crippen molar-refractivity contribution in [2.24, 2.45) is 0 Å². The van der Waals surface area contributed by atoms with Gasteiger partial charge in [-0.2, -0.15) is 4.90 Å². The van der Waals surface area contributed by atoms with E-state index in [-0.39, 0.29) is 11.6 Å². The topological polar surface area (TPSA) is 99.3 Å². The molecule has 0 spiro atoms. The van der Waals surface area contributed by atoms with E-state index in [4.69, 9.17) is 5.41 Å². The number of nitrogens with two attached hydrogens (primary N) is 1. The average molecular weight is 331 g/mol. The summed E-state index contributed by atoms with van der Waals surface area (Å²) in [4.78, 5) is 31.0. The fraction of sp³-hybridized carbons (Fsp3) is 0.200. The van der Waals surface area contributed by atoms with Gasteiger partial charge in [0, 0.05) is 18.0 Å². The van der Waals surface area contributed by atoms with E-state index >= 15 is 0 Å². The van der Waals surface area contributed by atoms with E-state index in [1.54, 1.807) is 29.6 Å². The Bertz CT molecular complexity index is 775. The van der Waals surface area contributed by atoms with Crippen molar-refractivity contribution < 1.29 is 20.1 Å². The van der Waals surface area contributed by atoms with Gasteiger partial charge < -0.3 is 5.11 Å². The number of hydrogen-bond acceptors (Lipinski definition) is 5. The van der Waals surface area contributed by atoms with Gasteiger partial charge in [0.05, 0.1) is 12.7 Å². The first-order chi connectivity index (χ1) is 10.9. The smallest absolute Gasteiger partial charge is 0.417 e. The molecule has 1 unspecified atom stereocenters. The maximum atomic E-state index is 12.4. The van der Waals surface area contributed by atoms with Crippen molar-refractivity contribution >= 4 is 29.1 Å². The lowest BCUT2D eigenvalue weighted by Crippen LogP contribution is -2.64. The minimum Gasteiger partial charge on any atom is -0.508 e. The number of phenolic OH excluding ortho intramolecular Hbond substituents is 1. The lowest BCUT2D eigenvalue weighted by molar-refractivity contribution is -0.143. The van der Waals surface area contributed by atoms with Gasteiger partial charge in [0.1, 0.15) is 10.8 Å². The van der Waals surface area contributed by atoms with Gasteiger partial charge in [0.25, 0.3) is 11.7 Å². The SMILES string of the molecule is CN1C(=[NH2+])C(c2csc(-c3ccc(O)cc3)n2)C(=O)N(C)C1=O. The molecule has 1 fully saturated rings. The highest BCUT2D eigenvalue weighted by Crippen LogP contribution is 2.30. The van der Waals surface area contributed by atoms with Gasteiger partial charge in [-0.25, -0.2) is 14.7 Å². The number of thiazole rings is 1. The summed E-state index contributed by atoms with van der Waals surface area (Å²) < 4.78 is 0. The minimum atomic E-state index is -0.773. The molecule has 0 aliphatic carbocycles. The van der Waals surface area contributed by atoms with Crippen LogP contribution in [0.3, 0.4) is 0 Å². The summed E-state index contributed by atoms with van der Waals surface area (Å²) in [6.07, 6.45) is 0. The Morgan fingerprint density at radius 1 is 1.17 bits per heavy atom. The van der Waals surface area contributed by atoms with E-state index in [1.165, 1.54) is 30.3 Å². The molecule has 1 atom stereocenters. The Morgan fingerprint density at radius 2 is 1.83 bits per heavy atom. The summed E-state index contributed by atoms with van der Waals surface area (Å²) in [5, 5.41) is 17.8. The summed E-state index contributed by atoms with van der Waals surface area (Å²) >= 11 is 1.37. The number of rotatable bonds is 2. The fourth-order valence-electron chi connectivity index (χ4n) is 2.38. The van der Waals surface area contributed by atoms with Gasteiger partial charge >= 0.3 is 6.03 Å². The molecule has 7 nitrogen and oxygen atoms in total. The number of aromatic hydroxyl groups is 1. The number of hydrogen-bond donors (Lipinski definition) is 2.